The molecule has 1 aromatic heterocycles. The lowest BCUT2D eigenvalue weighted by atomic mass is 10.1. The Balaban J connectivity index is 1.31. The summed E-state index contributed by atoms with van der Waals surface area (Å²) in [7, 11) is 1.64. The molecule has 0 saturated carbocycles. The number of rotatable bonds is 5. The van der Waals surface area contributed by atoms with Crippen molar-refractivity contribution in [3.8, 4) is 5.75 Å². The standard InChI is InChI=1S/C21H23N3O3/c1-26-17-8-6-16(7-9-17)14-21(25)24-12-10-23(11-13-24)15-19-18-4-2-3-5-20(18)27-22-19/h2-9H,10-15H2,1H3. The van der Waals surface area contributed by atoms with Gasteiger partial charge in [0.2, 0.25) is 5.91 Å². The predicted octanol–water partition coefficient (Wildman–Crippen LogP) is 2.72. The Morgan fingerprint density at radius 2 is 1.81 bits per heavy atom. The van der Waals surface area contributed by atoms with Crippen molar-refractivity contribution >= 4 is 16.9 Å². The summed E-state index contributed by atoms with van der Waals surface area (Å²) in [6.45, 7) is 3.91. The number of carbonyl (C=O) groups excluding carboxylic acids is 1. The topological polar surface area (TPSA) is 58.8 Å². The molecule has 1 amide bonds. The van der Waals surface area contributed by atoms with Crippen LogP contribution in [-0.4, -0.2) is 54.2 Å². The molecule has 0 radical (unpaired) electrons. The largest absolute Gasteiger partial charge is 0.497 e. The van der Waals surface area contributed by atoms with E-state index >= 15 is 0 Å². The summed E-state index contributed by atoms with van der Waals surface area (Å²) in [5.41, 5.74) is 2.79. The minimum absolute atomic E-state index is 0.173. The lowest BCUT2D eigenvalue weighted by Gasteiger charge is -2.34. The van der Waals surface area contributed by atoms with Crippen molar-refractivity contribution in [2.24, 2.45) is 0 Å². The van der Waals surface area contributed by atoms with Gasteiger partial charge in [0.25, 0.3) is 0 Å². The third-order valence-corrected chi connectivity index (χ3v) is 5.06. The summed E-state index contributed by atoms with van der Waals surface area (Å²) in [6, 6.07) is 15.6. The van der Waals surface area contributed by atoms with E-state index in [0.29, 0.717) is 6.42 Å². The summed E-state index contributed by atoms with van der Waals surface area (Å²) in [5, 5.41) is 5.27. The molecule has 27 heavy (non-hydrogen) atoms. The van der Waals surface area contributed by atoms with Crippen LogP contribution in [0.15, 0.2) is 53.1 Å². The second-order valence-corrected chi connectivity index (χ2v) is 6.81. The third-order valence-electron chi connectivity index (χ3n) is 5.06. The van der Waals surface area contributed by atoms with Crippen molar-refractivity contribution in [3.05, 3.63) is 59.8 Å². The van der Waals surface area contributed by atoms with Gasteiger partial charge in [-0.2, -0.15) is 0 Å². The van der Waals surface area contributed by atoms with Crippen LogP contribution in [0.4, 0.5) is 0 Å². The maximum absolute atomic E-state index is 12.6. The zero-order valence-corrected chi connectivity index (χ0v) is 15.4. The van der Waals surface area contributed by atoms with Crippen LogP contribution >= 0.6 is 0 Å². The molecule has 140 valence electrons. The van der Waals surface area contributed by atoms with Crippen molar-refractivity contribution in [2.75, 3.05) is 33.3 Å². The second kappa shape index (κ2) is 7.80. The van der Waals surface area contributed by atoms with E-state index in [0.717, 1.165) is 60.7 Å². The van der Waals surface area contributed by atoms with Crippen LogP contribution < -0.4 is 4.74 Å². The van der Waals surface area contributed by atoms with Crippen LogP contribution in [0.5, 0.6) is 5.75 Å². The third kappa shape index (κ3) is 3.95. The molecular formula is C21H23N3O3. The van der Waals surface area contributed by atoms with E-state index in [1.54, 1.807) is 7.11 Å². The zero-order chi connectivity index (χ0) is 18.6. The number of nitrogens with zero attached hydrogens (tertiary/aromatic N) is 3. The molecule has 2 heterocycles. The zero-order valence-electron chi connectivity index (χ0n) is 15.4. The van der Waals surface area contributed by atoms with Crippen molar-refractivity contribution in [1.29, 1.82) is 0 Å². The second-order valence-electron chi connectivity index (χ2n) is 6.81. The van der Waals surface area contributed by atoms with Crippen LogP contribution in [0.2, 0.25) is 0 Å². The maximum Gasteiger partial charge on any atom is 0.227 e. The molecule has 2 aromatic carbocycles. The first kappa shape index (κ1) is 17.5. The van der Waals surface area contributed by atoms with Gasteiger partial charge in [0, 0.05) is 38.1 Å². The molecule has 0 aliphatic carbocycles. The van der Waals surface area contributed by atoms with Gasteiger partial charge in [-0.05, 0) is 29.8 Å². The van der Waals surface area contributed by atoms with E-state index in [9.17, 15) is 4.79 Å². The smallest absolute Gasteiger partial charge is 0.227 e. The molecule has 0 atom stereocenters. The summed E-state index contributed by atoms with van der Waals surface area (Å²) >= 11 is 0. The Hall–Kier alpha value is -2.86. The number of amides is 1. The summed E-state index contributed by atoms with van der Waals surface area (Å²) in [6.07, 6.45) is 0.428. The van der Waals surface area contributed by atoms with E-state index in [-0.39, 0.29) is 5.91 Å². The lowest BCUT2D eigenvalue weighted by molar-refractivity contribution is -0.132. The average Bonchev–Trinajstić information content (AvgIpc) is 3.12. The van der Waals surface area contributed by atoms with Gasteiger partial charge in [-0.15, -0.1) is 0 Å². The van der Waals surface area contributed by atoms with Crippen LogP contribution in [0.1, 0.15) is 11.3 Å². The average molecular weight is 365 g/mol. The van der Waals surface area contributed by atoms with Gasteiger partial charge in [0.15, 0.2) is 5.58 Å². The number of para-hydroxylation sites is 1. The molecular weight excluding hydrogens is 342 g/mol. The van der Waals surface area contributed by atoms with Gasteiger partial charge in [-0.3, -0.25) is 9.69 Å². The molecule has 0 N–H and O–H groups in total. The van der Waals surface area contributed by atoms with Gasteiger partial charge in [0.1, 0.15) is 11.4 Å². The number of hydrogen-bond acceptors (Lipinski definition) is 5. The van der Waals surface area contributed by atoms with E-state index in [1.807, 2.05) is 53.4 Å². The van der Waals surface area contributed by atoms with Gasteiger partial charge >= 0.3 is 0 Å². The minimum atomic E-state index is 0.173. The number of ether oxygens (including phenoxy) is 1. The Labute approximate surface area is 158 Å². The number of hydrogen-bond donors (Lipinski definition) is 0. The predicted molar refractivity (Wildman–Crippen MR) is 103 cm³/mol. The number of methoxy groups -OCH3 is 1. The maximum atomic E-state index is 12.6. The number of fused-ring (bicyclic) bond motifs is 1. The lowest BCUT2D eigenvalue weighted by Crippen LogP contribution is -2.48. The fourth-order valence-corrected chi connectivity index (χ4v) is 3.45. The molecule has 1 aliphatic heterocycles. The van der Waals surface area contributed by atoms with Crippen molar-refractivity contribution in [2.45, 2.75) is 13.0 Å². The Kier molecular flexibility index (Phi) is 5.07. The Bertz CT molecular complexity index is 912. The van der Waals surface area contributed by atoms with Gasteiger partial charge in [-0.1, -0.05) is 29.4 Å². The van der Waals surface area contributed by atoms with E-state index in [2.05, 4.69) is 10.1 Å². The fraction of sp³-hybridized carbons (Fsp3) is 0.333. The van der Waals surface area contributed by atoms with Crippen LogP contribution in [0, 0.1) is 0 Å². The monoisotopic (exact) mass is 365 g/mol. The number of benzene rings is 2. The normalized spacial score (nSPS) is 15.2. The Morgan fingerprint density at radius 3 is 2.56 bits per heavy atom. The highest BCUT2D eigenvalue weighted by Crippen LogP contribution is 2.20. The highest BCUT2D eigenvalue weighted by molar-refractivity contribution is 5.79. The van der Waals surface area contributed by atoms with Crippen molar-refractivity contribution < 1.29 is 14.1 Å². The molecule has 0 bridgehead atoms. The van der Waals surface area contributed by atoms with Crippen LogP contribution in [0.3, 0.4) is 0 Å². The fourth-order valence-electron chi connectivity index (χ4n) is 3.45. The number of carbonyl (C=O) groups is 1. The van der Waals surface area contributed by atoms with Crippen LogP contribution in [0.25, 0.3) is 11.0 Å². The molecule has 3 aromatic rings. The van der Waals surface area contributed by atoms with Crippen molar-refractivity contribution in [1.82, 2.24) is 15.0 Å². The SMILES string of the molecule is COc1ccc(CC(=O)N2CCN(Cc3noc4ccccc34)CC2)cc1. The molecule has 1 aliphatic rings. The highest BCUT2D eigenvalue weighted by Gasteiger charge is 2.22. The molecule has 6 nitrogen and oxygen atoms in total. The number of piperazine rings is 1. The van der Waals surface area contributed by atoms with E-state index in [1.165, 1.54) is 0 Å². The minimum Gasteiger partial charge on any atom is -0.497 e. The Morgan fingerprint density at radius 1 is 1.07 bits per heavy atom. The summed E-state index contributed by atoms with van der Waals surface area (Å²) in [4.78, 5) is 16.8. The highest BCUT2D eigenvalue weighted by atomic mass is 16.5. The summed E-state index contributed by atoms with van der Waals surface area (Å²) in [5.74, 6) is 0.979. The first-order valence-electron chi connectivity index (χ1n) is 9.19. The number of aromatic nitrogens is 1. The molecule has 0 unspecified atom stereocenters. The van der Waals surface area contributed by atoms with Crippen molar-refractivity contribution in [3.63, 3.8) is 0 Å². The molecule has 6 heteroatoms. The van der Waals surface area contributed by atoms with Gasteiger partial charge in [-0.25, -0.2) is 0 Å². The van der Waals surface area contributed by atoms with E-state index < -0.39 is 0 Å². The van der Waals surface area contributed by atoms with Gasteiger partial charge < -0.3 is 14.2 Å². The molecule has 1 fully saturated rings. The molecule has 4 rings (SSSR count). The summed E-state index contributed by atoms with van der Waals surface area (Å²) < 4.78 is 10.5. The van der Waals surface area contributed by atoms with Gasteiger partial charge in [0.05, 0.1) is 13.5 Å². The molecule has 0 spiro atoms. The van der Waals surface area contributed by atoms with E-state index in [4.69, 9.17) is 9.26 Å². The molecule has 1 saturated heterocycles. The first-order valence-corrected chi connectivity index (χ1v) is 9.19. The first-order chi connectivity index (χ1) is 13.2. The van der Waals surface area contributed by atoms with Crippen LogP contribution in [-0.2, 0) is 17.8 Å². The quantitative estimate of drug-likeness (QED) is 0.696.